The van der Waals surface area contributed by atoms with Crippen LogP contribution in [0.1, 0.15) is 59.9 Å². The van der Waals surface area contributed by atoms with E-state index in [-0.39, 0.29) is 23.2 Å². The Balaban J connectivity index is 2.09. The van der Waals surface area contributed by atoms with Crippen molar-refractivity contribution < 1.29 is 23.9 Å². The lowest BCUT2D eigenvalue weighted by molar-refractivity contribution is -0.116. The number of nitrogens with one attached hydrogen (secondary N) is 2. The first-order chi connectivity index (χ1) is 14.2. The lowest BCUT2D eigenvalue weighted by atomic mass is 10.1. The number of anilines is 2. The molecule has 0 saturated heterocycles. The summed E-state index contributed by atoms with van der Waals surface area (Å²) < 4.78 is 5.35. The molecule has 0 bridgehead atoms. The molecular formula is C23H26N2O5. The van der Waals surface area contributed by atoms with Crippen LogP contribution in [0.2, 0.25) is 0 Å². The van der Waals surface area contributed by atoms with Crippen LogP contribution in [0.15, 0.2) is 42.5 Å². The number of rotatable bonds is 8. The number of Topliss-reactive ketones (excluding diaryl/α,β-unsaturated/α-hetero) is 1. The smallest absolute Gasteiger partial charge is 0.340 e. The van der Waals surface area contributed by atoms with E-state index in [9.17, 15) is 19.2 Å². The van der Waals surface area contributed by atoms with Gasteiger partial charge >= 0.3 is 5.97 Å². The van der Waals surface area contributed by atoms with Crippen LogP contribution in [-0.4, -0.2) is 29.7 Å². The van der Waals surface area contributed by atoms with Gasteiger partial charge in [-0.05, 0) is 56.2 Å². The molecule has 7 nitrogen and oxygen atoms in total. The van der Waals surface area contributed by atoms with Crippen molar-refractivity contribution in [2.24, 2.45) is 0 Å². The van der Waals surface area contributed by atoms with Crippen molar-refractivity contribution in [1.29, 1.82) is 0 Å². The van der Waals surface area contributed by atoms with Gasteiger partial charge < -0.3 is 15.4 Å². The van der Waals surface area contributed by atoms with Crippen LogP contribution in [-0.2, 0) is 14.3 Å². The van der Waals surface area contributed by atoms with Gasteiger partial charge in [0.2, 0.25) is 17.6 Å². The zero-order valence-electron chi connectivity index (χ0n) is 17.6. The summed E-state index contributed by atoms with van der Waals surface area (Å²) in [5, 5.41) is 5.38. The predicted octanol–water partition coefficient (Wildman–Crippen LogP) is 4.12. The monoisotopic (exact) mass is 410 g/mol. The van der Waals surface area contributed by atoms with Gasteiger partial charge in [-0.25, -0.2) is 4.79 Å². The van der Waals surface area contributed by atoms with E-state index in [4.69, 9.17) is 4.74 Å². The molecule has 0 fully saturated rings. The Hall–Kier alpha value is -3.48. The van der Waals surface area contributed by atoms with Crippen molar-refractivity contribution in [1.82, 2.24) is 0 Å². The number of benzene rings is 2. The fraction of sp³-hybridized carbons (Fsp3) is 0.304. The van der Waals surface area contributed by atoms with Crippen molar-refractivity contribution >= 4 is 34.9 Å². The van der Waals surface area contributed by atoms with Crippen molar-refractivity contribution in [3.63, 3.8) is 0 Å². The molecule has 0 heterocycles. The van der Waals surface area contributed by atoms with Crippen LogP contribution in [0.4, 0.5) is 11.4 Å². The van der Waals surface area contributed by atoms with E-state index in [1.807, 2.05) is 6.92 Å². The minimum atomic E-state index is -1.02. The highest BCUT2D eigenvalue weighted by Crippen LogP contribution is 2.22. The second-order valence-electron chi connectivity index (χ2n) is 6.97. The minimum Gasteiger partial charge on any atom is -0.451 e. The molecule has 0 aliphatic carbocycles. The zero-order chi connectivity index (χ0) is 22.3. The Labute approximate surface area is 175 Å². The Kier molecular flexibility index (Phi) is 7.86. The van der Waals surface area contributed by atoms with Crippen molar-refractivity contribution in [3.8, 4) is 0 Å². The van der Waals surface area contributed by atoms with E-state index < -0.39 is 12.1 Å². The highest BCUT2D eigenvalue weighted by atomic mass is 16.5. The van der Waals surface area contributed by atoms with E-state index in [1.54, 1.807) is 43.3 Å². The average molecular weight is 410 g/mol. The largest absolute Gasteiger partial charge is 0.451 e. The maximum atomic E-state index is 12.6. The number of carbonyl (C=O) groups is 4. The van der Waals surface area contributed by atoms with Gasteiger partial charge in [-0.3, -0.25) is 14.4 Å². The summed E-state index contributed by atoms with van der Waals surface area (Å²) in [6.45, 7) is 6.52. The third kappa shape index (κ3) is 6.01. The normalized spacial score (nSPS) is 11.3. The highest BCUT2D eigenvalue weighted by molar-refractivity contribution is 6.05. The van der Waals surface area contributed by atoms with Crippen LogP contribution in [0, 0.1) is 6.92 Å². The number of hydrogen-bond donors (Lipinski definition) is 2. The van der Waals surface area contributed by atoms with Gasteiger partial charge in [0.25, 0.3) is 0 Å². The van der Waals surface area contributed by atoms with E-state index in [0.717, 1.165) is 6.42 Å². The molecule has 7 heteroatoms. The standard InChI is InChI=1S/C23H26N2O5/c1-5-7-20(27)25-18-12-10-17(11-13-18)22(28)15(3)30-23(29)19-9-6-8-14(2)21(19)24-16(4)26/h6,8-13,15H,5,7H2,1-4H3,(H,24,26)(H,25,27)/t15-/m1/s1. The van der Waals surface area contributed by atoms with E-state index >= 15 is 0 Å². The van der Waals surface area contributed by atoms with Gasteiger partial charge in [-0.1, -0.05) is 19.1 Å². The average Bonchev–Trinajstić information content (AvgIpc) is 2.69. The first kappa shape index (κ1) is 22.8. The number of para-hydroxylation sites is 1. The van der Waals surface area contributed by atoms with Gasteiger partial charge in [0, 0.05) is 24.6 Å². The summed E-state index contributed by atoms with van der Waals surface area (Å²) in [5.41, 5.74) is 2.20. The summed E-state index contributed by atoms with van der Waals surface area (Å²) in [5.74, 6) is -1.48. The molecular weight excluding hydrogens is 384 g/mol. The lowest BCUT2D eigenvalue weighted by Gasteiger charge is -2.16. The molecule has 2 N–H and O–H groups in total. The fourth-order valence-corrected chi connectivity index (χ4v) is 2.86. The van der Waals surface area contributed by atoms with E-state index in [1.165, 1.54) is 19.9 Å². The van der Waals surface area contributed by atoms with Crippen LogP contribution in [0.25, 0.3) is 0 Å². The molecule has 2 amide bonds. The lowest BCUT2D eigenvalue weighted by Crippen LogP contribution is -2.25. The molecule has 0 radical (unpaired) electrons. The SMILES string of the molecule is CCCC(=O)Nc1ccc(C(=O)[C@@H](C)OC(=O)c2cccc(C)c2NC(C)=O)cc1. The fourth-order valence-electron chi connectivity index (χ4n) is 2.86. The van der Waals surface area contributed by atoms with Crippen LogP contribution in [0.5, 0.6) is 0 Å². The molecule has 2 rings (SSSR count). The Morgan fingerprint density at radius 2 is 1.67 bits per heavy atom. The summed E-state index contributed by atoms with van der Waals surface area (Å²) in [6.07, 6.45) is 0.145. The Morgan fingerprint density at radius 1 is 1.00 bits per heavy atom. The first-order valence-corrected chi connectivity index (χ1v) is 9.75. The van der Waals surface area contributed by atoms with Crippen molar-refractivity contribution in [2.75, 3.05) is 10.6 Å². The molecule has 0 aliphatic heterocycles. The third-order valence-corrected chi connectivity index (χ3v) is 4.38. The van der Waals surface area contributed by atoms with Gasteiger partial charge in [-0.15, -0.1) is 0 Å². The van der Waals surface area contributed by atoms with Gasteiger partial charge in [0.15, 0.2) is 6.10 Å². The van der Waals surface area contributed by atoms with E-state index in [0.29, 0.717) is 28.9 Å². The summed E-state index contributed by atoms with van der Waals surface area (Å²) in [4.78, 5) is 48.3. The molecule has 0 aromatic heterocycles. The Morgan fingerprint density at radius 3 is 2.27 bits per heavy atom. The van der Waals surface area contributed by atoms with Gasteiger partial charge in [0.05, 0.1) is 11.3 Å². The molecule has 30 heavy (non-hydrogen) atoms. The van der Waals surface area contributed by atoms with Crippen LogP contribution >= 0.6 is 0 Å². The maximum Gasteiger partial charge on any atom is 0.340 e. The third-order valence-electron chi connectivity index (χ3n) is 4.38. The molecule has 2 aromatic carbocycles. The number of hydrogen-bond acceptors (Lipinski definition) is 5. The number of amides is 2. The molecule has 0 saturated carbocycles. The minimum absolute atomic E-state index is 0.0907. The quantitative estimate of drug-likeness (QED) is 0.503. The first-order valence-electron chi connectivity index (χ1n) is 9.75. The Bertz CT molecular complexity index is 951. The van der Waals surface area contributed by atoms with Gasteiger partial charge in [-0.2, -0.15) is 0 Å². The second-order valence-corrected chi connectivity index (χ2v) is 6.97. The number of ketones is 1. The number of esters is 1. The molecule has 1 atom stereocenters. The highest BCUT2D eigenvalue weighted by Gasteiger charge is 2.23. The maximum absolute atomic E-state index is 12.6. The van der Waals surface area contributed by atoms with Crippen molar-refractivity contribution in [3.05, 3.63) is 59.2 Å². The summed E-state index contributed by atoms with van der Waals surface area (Å²) >= 11 is 0. The summed E-state index contributed by atoms with van der Waals surface area (Å²) in [7, 11) is 0. The molecule has 0 aliphatic rings. The number of aryl methyl sites for hydroxylation is 1. The second kappa shape index (κ2) is 10.3. The predicted molar refractivity (Wildman–Crippen MR) is 115 cm³/mol. The molecule has 0 unspecified atom stereocenters. The van der Waals surface area contributed by atoms with Crippen LogP contribution in [0.3, 0.4) is 0 Å². The number of ether oxygens (including phenoxy) is 1. The summed E-state index contributed by atoms with van der Waals surface area (Å²) in [6, 6.07) is 11.4. The molecule has 0 spiro atoms. The van der Waals surface area contributed by atoms with Crippen molar-refractivity contribution in [2.45, 2.75) is 46.6 Å². The van der Waals surface area contributed by atoms with E-state index in [2.05, 4.69) is 10.6 Å². The molecule has 158 valence electrons. The van der Waals surface area contributed by atoms with Crippen LogP contribution < -0.4 is 10.6 Å². The zero-order valence-corrected chi connectivity index (χ0v) is 17.6. The topological polar surface area (TPSA) is 102 Å². The van der Waals surface area contributed by atoms with Gasteiger partial charge in [0.1, 0.15) is 0 Å². The number of carbonyl (C=O) groups excluding carboxylic acids is 4. The molecule has 2 aromatic rings.